The van der Waals surface area contributed by atoms with Gasteiger partial charge in [0.1, 0.15) is 11.6 Å². The maximum absolute atomic E-state index is 14.6. The standard InChI is InChI=1S/C21H27BFNO5S/c1-20(2)21(3,4)29-22(28-20)18-13-17(11-12-19(18)23)30(25,26)24(5)14-15-7-9-16(27-6)10-8-15/h7-13H,14H2,1-6H3. The van der Waals surface area contributed by atoms with Gasteiger partial charge in [-0.15, -0.1) is 0 Å². The third-order valence-electron chi connectivity index (χ3n) is 5.75. The molecule has 0 amide bonds. The first kappa shape index (κ1) is 22.7. The van der Waals surface area contributed by atoms with Gasteiger partial charge in [-0.2, -0.15) is 4.31 Å². The van der Waals surface area contributed by atoms with Crippen molar-refractivity contribution in [1.82, 2.24) is 4.31 Å². The van der Waals surface area contributed by atoms with Crippen LogP contribution in [-0.4, -0.2) is 45.2 Å². The molecule has 0 saturated carbocycles. The summed E-state index contributed by atoms with van der Waals surface area (Å²) in [5.74, 6) is 0.111. The number of hydrogen-bond donors (Lipinski definition) is 0. The zero-order valence-electron chi connectivity index (χ0n) is 18.1. The number of ether oxygens (including phenoxy) is 1. The summed E-state index contributed by atoms with van der Waals surface area (Å²) in [6.07, 6.45) is 0. The zero-order chi connectivity index (χ0) is 22.3. The number of hydrogen-bond acceptors (Lipinski definition) is 5. The summed E-state index contributed by atoms with van der Waals surface area (Å²) < 4.78 is 58.9. The topological polar surface area (TPSA) is 65.1 Å². The number of halogens is 1. The van der Waals surface area contributed by atoms with Crippen LogP contribution in [0.3, 0.4) is 0 Å². The summed E-state index contributed by atoms with van der Waals surface area (Å²) in [4.78, 5) is -0.0235. The molecular formula is C21H27BFNO5S. The highest BCUT2D eigenvalue weighted by molar-refractivity contribution is 7.89. The molecule has 9 heteroatoms. The molecule has 0 N–H and O–H groups in total. The Balaban J connectivity index is 1.87. The molecule has 0 atom stereocenters. The Hall–Kier alpha value is -1.94. The van der Waals surface area contributed by atoms with E-state index >= 15 is 0 Å². The first-order chi connectivity index (χ1) is 13.9. The largest absolute Gasteiger partial charge is 0.497 e. The number of benzene rings is 2. The van der Waals surface area contributed by atoms with E-state index in [2.05, 4.69) is 0 Å². The van der Waals surface area contributed by atoms with Crippen molar-refractivity contribution in [2.45, 2.75) is 50.3 Å². The van der Waals surface area contributed by atoms with E-state index in [9.17, 15) is 12.8 Å². The second-order valence-electron chi connectivity index (χ2n) is 8.38. The third-order valence-corrected chi connectivity index (χ3v) is 7.55. The normalized spacial score (nSPS) is 18.1. The predicted octanol–water partition coefficient (Wildman–Crippen LogP) is 2.95. The molecule has 3 rings (SSSR count). The molecule has 0 unspecified atom stereocenters. The van der Waals surface area contributed by atoms with Crippen molar-refractivity contribution in [1.29, 1.82) is 0 Å². The molecule has 0 radical (unpaired) electrons. The molecule has 1 heterocycles. The molecule has 162 valence electrons. The molecule has 1 aliphatic heterocycles. The lowest BCUT2D eigenvalue weighted by Crippen LogP contribution is -2.41. The van der Waals surface area contributed by atoms with E-state index in [1.165, 1.54) is 23.5 Å². The number of rotatable bonds is 6. The van der Waals surface area contributed by atoms with E-state index in [0.29, 0.717) is 5.75 Å². The zero-order valence-corrected chi connectivity index (χ0v) is 18.9. The van der Waals surface area contributed by atoms with E-state index in [1.54, 1.807) is 31.4 Å². The molecule has 0 bridgehead atoms. The van der Waals surface area contributed by atoms with Gasteiger partial charge in [0.15, 0.2) is 0 Å². The van der Waals surface area contributed by atoms with Crippen LogP contribution in [0.5, 0.6) is 5.75 Å². The van der Waals surface area contributed by atoms with Crippen LogP contribution in [0.15, 0.2) is 47.4 Å². The van der Waals surface area contributed by atoms with E-state index in [-0.39, 0.29) is 16.9 Å². The van der Waals surface area contributed by atoms with Crippen molar-refractivity contribution in [3.05, 3.63) is 53.8 Å². The van der Waals surface area contributed by atoms with Crippen molar-refractivity contribution < 1.29 is 26.9 Å². The Morgan fingerprint density at radius 3 is 2.13 bits per heavy atom. The summed E-state index contributed by atoms with van der Waals surface area (Å²) >= 11 is 0. The summed E-state index contributed by atoms with van der Waals surface area (Å²) in [6, 6.07) is 10.8. The van der Waals surface area contributed by atoms with Crippen molar-refractivity contribution in [3.8, 4) is 5.75 Å². The van der Waals surface area contributed by atoms with E-state index in [1.807, 2.05) is 27.7 Å². The molecule has 1 fully saturated rings. The Bertz CT molecular complexity index is 1010. The molecule has 1 aliphatic rings. The molecule has 6 nitrogen and oxygen atoms in total. The van der Waals surface area contributed by atoms with Crippen LogP contribution < -0.4 is 10.2 Å². The monoisotopic (exact) mass is 435 g/mol. The number of nitrogens with zero attached hydrogens (tertiary/aromatic N) is 1. The minimum Gasteiger partial charge on any atom is -0.497 e. The van der Waals surface area contributed by atoms with E-state index < -0.39 is 34.2 Å². The smallest absolute Gasteiger partial charge is 0.497 e. The SMILES string of the molecule is COc1ccc(CN(C)S(=O)(=O)c2ccc(F)c(B3OC(C)(C)C(C)(C)O3)c2)cc1. The highest BCUT2D eigenvalue weighted by Gasteiger charge is 2.52. The van der Waals surface area contributed by atoms with Crippen LogP contribution in [0.25, 0.3) is 0 Å². The second kappa shape index (κ2) is 7.96. The van der Waals surface area contributed by atoms with Crippen LogP contribution in [0.4, 0.5) is 4.39 Å². The van der Waals surface area contributed by atoms with Gasteiger partial charge in [0.05, 0.1) is 23.2 Å². The Morgan fingerprint density at radius 1 is 1.03 bits per heavy atom. The molecule has 2 aromatic rings. The average Bonchev–Trinajstić information content (AvgIpc) is 2.89. The van der Waals surface area contributed by atoms with Gasteiger partial charge in [-0.3, -0.25) is 0 Å². The van der Waals surface area contributed by atoms with Crippen molar-refractivity contribution >= 4 is 22.6 Å². The van der Waals surface area contributed by atoms with Crippen molar-refractivity contribution in [3.63, 3.8) is 0 Å². The van der Waals surface area contributed by atoms with E-state index in [4.69, 9.17) is 14.0 Å². The van der Waals surface area contributed by atoms with Crippen LogP contribution in [0, 0.1) is 5.82 Å². The highest BCUT2D eigenvalue weighted by Crippen LogP contribution is 2.36. The fourth-order valence-corrected chi connectivity index (χ4v) is 4.28. The van der Waals surface area contributed by atoms with Crippen molar-refractivity contribution in [2.24, 2.45) is 0 Å². The summed E-state index contributed by atoms with van der Waals surface area (Å²) in [5.41, 5.74) is -0.461. The summed E-state index contributed by atoms with van der Waals surface area (Å²) in [7, 11) is -1.79. The van der Waals surface area contributed by atoms with Crippen molar-refractivity contribution in [2.75, 3.05) is 14.2 Å². The van der Waals surface area contributed by atoms with Gasteiger partial charge in [0.25, 0.3) is 0 Å². The van der Waals surface area contributed by atoms with Crippen LogP contribution in [0.2, 0.25) is 0 Å². The van der Waals surface area contributed by atoms with Gasteiger partial charge in [0.2, 0.25) is 10.0 Å². The lowest BCUT2D eigenvalue weighted by molar-refractivity contribution is 0.00578. The number of methoxy groups -OCH3 is 1. The second-order valence-corrected chi connectivity index (χ2v) is 10.4. The van der Waals surface area contributed by atoms with Crippen LogP contribution in [-0.2, 0) is 25.9 Å². The minimum absolute atomic E-state index is 0.0235. The molecular weight excluding hydrogens is 408 g/mol. The Labute approximate surface area is 178 Å². The lowest BCUT2D eigenvalue weighted by atomic mass is 9.79. The maximum atomic E-state index is 14.6. The van der Waals surface area contributed by atoms with Gasteiger partial charge in [-0.1, -0.05) is 12.1 Å². The highest BCUT2D eigenvalue weighted by atomic mass is 32.2. The quantitative estimate of drug-likeness (QED) is 0.653. The molecule has 0 spiro atoms. The fourth-order valence-electron chi connectivity index (χ4n) is 3.09. The Kier molecular flexibility index (Phi) is 6.03. The first-order valence-electron chi connectivity index (χ1n) is 9.62. The van der Waals surface area contributed by atoms with Crippen LogP contribution >= 0.6 is 0 Å². The molecule has 1 saturated heterocycles. The van der Waals surface area contributed by atoms with Gasteiger partial charge in [-0.25, -0.2) is 12.8 Å². The summed E-state index contributed by atoms with van der Waals surface area (Å²) in [5, 5.41) is 0. The molecule has 30 heavy (non-hydrogen) atoms. The van der Waals surface area contributed by atoms with Gasteiger partial charge in [-0.05, 0) is 63.6 Å². The fraction of sp³-hybridized carbons (Fsp3) is 0.429. The molecule has 0 aliphatic carbocycles. The first-order valence-corrected chi connectivity index (χ1v) is 11.1. The summed E-state index contributed by atoms with van der Waals surface area (Å²) in [6.45, 7) is 7.58. The van der Waals surface area contributed by atoms with Gasteiger partial charge >= 0.3 is 7.12 Å². The minimum atomic E-state index is -3.85. The Morgan fingerprint density at radius 2 is 1.60 bits per heavy atom. The maximum Gasteiger partial charge on any atom is 0.497 e. The third kappa shape index (κ3) is 4.25. The van der Waals surface area contributed by atoms with Crippen LogP contribution in [0.1, 0.15) is 33.3 Å². The van der Waals surface area contributed by atoms with Gasteiger partial charge < -0.3 is 14.0 Å². The van der Waals surface area contributed by atoms with Gasteiger partial charge in [0, 0.05) is 19.1 Å². The average molecular weight is 435 g/mol. The molecule has 2 aromatic carbocycles. The lowest BCUT2D eigenvalue weighted by Gasteiger charge is -2.32. The predicted molar refractivity (Wildman–Crippen MR) is 114 cm³/mol. The molecule has 0 aromatic heterocycles. The number of sulfonamides is 1. The van der Waals surface area contributed by atoms with E-state index in [0.717, 1.165) is 11.6 Å².